The summed E-state index contributed by atoms with van der Waals surface area (Å²) in [6.45, 7) is 5.08. The molecule has 0 spiro atoms. The fourth-order valence-corrected chi connectivity index (χ4v) is 4.03. The van der Waals surface area contributed by atoms with E-state index in [0.717, 1.165) is 45.6 Å². The molecule has 0 saturated carbocycles. The molecule has 0 unspecified atom stereocenters. The summed E-state index contributed by atoms with van der Waals surface area (Å²) in [6, 6.07) is 15.6. The van der Waals surface area contributed by atoms with Crippen LogP contribution >= 0.6 is 22.9 Å². The molecule has 0 radical (unpaired) electrons. The van der Waals surface area contributed by atoms with Gasteiger partial charge in [-0.1, -0.05) is 23.7 Å². The highest BCUT2D eigenvalue weighted by atomic mass is 35.5. The molecule has 0 N–H and O–H groups in total. The number of piperazine rings is 1. The molecule has 0 aliphatic carbocycles. The lowest BCUT2D eigenvalue weighted by atomic mass is 10.1. The Kier molecular flexibility index (Phi) is 5.14. The maximum absolute atomic E-state index is 12.8. The fourth-order valence-electron chi connectivity index (χ4n) is 3.28. The molecule has 4 rings (SSSR count). The maximum Gasteiger partial charge on any atom is 0.253 e. The third-order valence-electron chi connectivity index (χ3n) is 4.81. The zero-order valence-corrected chi connectivity index (χ0v) is 16.6. The molecule has 0 bridgehead atoms. The molecule has 138 valence electrons. The molecule has 3 aromatic rings. The van der Waals surface area contributed by atoms with Crippen LogP contribution in [0.5, 0.6) is 0 Å². The topological polar surface area (TPSA) is 36.4 Å². The minimum atomic E-state index is 0.0896. The molecule has 1 aliphatic rings. The Bertz CT molecular complexity index is 929. The number of hydrogen-bond acceptors (Lipinski definition) is 4. The lowest BCUT2D eigenvalue weighted by Gasteiger charge is -2.36. The van der Waals surface area contributed by atoms with E-state index < -0.39 is 0 Å². The van der Waals surface area contributed by atoms with E-state index in [1.165, 1.54) is 0 Å². The minimum Gasteiger partial charge on any atom is -0.368 e. The van der Waals surface area contributed by atoms with E-state index in [4.69, 9.17) is 11.6 Å². The van der Waals surface area contributed by atoms with Crippen molar-refractivity contribution in [2.75, 3.05) is 31.1 Å². The Hall–Kier alpha value is -2.37. The van der Waals surface area contributed by atoms with Gasteiger partial charge in [-0.3, -0.25) is 4.79 Å². The van der Waals surface area contributed by atoms with Gasteiger partial charge in [0.2, 0.25) is 0 Å². The van der Waals surface area contributed by atoms with Crippen LogP contribution in [0.25, 0.3) is 11.3 Å². The number of benzene rings is 2. The van der Waals surface area contributed by atoms with Gasteiger partial charge in [-0.25, -0.2) is 4.98 Å². The average Bonchev–Trinajstić information content (AvgIpc) is 3.15. The normalized spacial score (nSPS) is 14.4. The van der Waals surface area contributed by atoms with Crippen molar-refractivity contribution in [3.05, 3.63) is 69.5 Å². The molecular weight excluding hydrogens is 378 g/mol. The first-order valence-corrected chi connectivity index (χ1v) is 10.2. The molecule has 2 heterocycles. The zero-order chi connectivity index (χ0) is 18.8. The van der Waals surface area contributed by atoms with Crippen LogP contribution in [0.3, 0.4) is 0 Å². The molecule has 1 fully saturated rings. The van der Waals surface area contributed by atoms with Crippen LogP contribution in [0, 0.1) is 6.92 Å². The second kappa shape index (κ2) is 7.71. The van der Waals surface area contributed by atoms with Crippen LogP contribution in [-0.4, -0.2) is 42.0 Å². The van der Waals surface area contributed by atoms with E-state index in [-0.39, 0.29) is 5.91 Å². The first-order valence-electron chi connectivity index (χ1n) is 8.92. The van der Waals surface area contributed by atoms with Gasteiger partial charge >= 0.3 is 0 Å². The standard InChI is InChI=1S/C21H20ClN3OS/c1-15-23-20(14-27-15)16-2-4-17(5-3-16)21(26)25-12-10-24(11-13-25)19-8-6-18(22)7-9-19/h2-9,14H,10-13H2,1H3. The Balaban J connectivity index is 1.39. The molecule has 0 atom stereocenters. The summed E-state index contributed by atoms with van der Waals surface area (Å²) in [4.78, 5) is 21.5. The van der Waals surface area contributed by atoms with Gasteiger partial charge in [0, 0.05) is 53.4 Å². The summed E-state index contributed by atoms with van der Waals surface area (Å²) >= 11 is 7.59. The second-order valence-electron chi connectivity index (χ2n) is 6.58. The third kappa shape index (κ3) is 3.99. The Labute approximate surface area is 168 Å². The number of aromatic nitrogens is 1. The number of amides is 1. The van der Waals surface area contributed by atoms with Crippen molar-refractivity contribution >= 4 is 34.5 Å². The number of halogens is 1. The quantitative estimate of drug-likeness (QED) is 0.640. The van der Waals surface area contributed by atoms with Crippen molar-refractivity contribution in [2.45, 2.75) is 6.92 Å². The van der Waals surface area contributed by atoms with E-state index in [9.17, 15) is 4.79 Å². The van der Waals surface area contributed by atoms with Crippen molar-refractivity contribution in [2.24, 2.45) is 0 Å². The summed E-state index contributed by atoms with van der Waals surface area (Å²) in [5.74, 6) is 0.0896. The monoisotopic (exact) mass is 397 g/mol. The van der Waals surface area contributed by atoms with E-state index in [1.807, 2.05) is 65.7 Å². The maximum atomic E-state index is 12.8. The number of nitrogens with zero attached hydrogens (tertiary/aromatic N) is 3. The third-order valence-corrected chi connectivity index (χ3v) is 5.83. The Morgan fingerprint density at radius 3 is 2.26 bits per heavy atom. The van der Waals surface area contributed by atoms with E-state index in [1.54, 1.807) is 11.3 Å². The zero-order valence-electron chi connectivity index (χ0n) is 15.1. The molecule has 1 saturated heterocycles. The van der Waals surface area contributed by atoms with Crippen LogP contribution in [0.4, 0.5) is 5.69 Å². The number of aryl methyl sites for hydroxylation is 1. The largest absolute Gasteiger partial charge is 0.368 e. The van der Waals surface area contributed by atoms with Crippen LogP contribution < -0.4 is 4.90 Å². The number of carbonyl (C=O) groups is 1. The lowest BCUT2D eigenvalue weighted by Crippen LogP contribution is -2.48. The van der Waals surface area contributed by atoms with E-state index in [0.29, 0.717) is 13.1 Å². The summed E-state index contributed by atoms with van der Waals surface area (Å²) in [5, 5.41) is 3.83. The van der Waals surface area contributed by atoms with E-state index in [2.05, 4.69) is 9.88 Å². The molecule has 1 aromatic heterocycles. The highest BCUT2D eigenvalue weighted by Gasteiger charge is 2.22. The Morgan fingerprint density at radius 2 is 1.67 bits per heavy atom. The van der Waals surface area contributed by atoms with Gasteiger partial charge in [0.05, 0.1) is 10.7 Å². The van der Waals surface area contributed by atoms with Gasteiger partial charge in [-0.05, 0) is 43.3 Å². The van der Waals surface area contributed by atoms with Gasteiger partial charge in [-0.2, -0.15) is 0 Å². The van der Waals surface area contributed by atoms with Crippen LogP contribution in [0.15, 0.2) is 53.9 Å². The number of rotatable bonds is 3. The minimum absolute atomic E-state index is 0.0896. The van der Waals surface area contributed by atoms with Crippen molar-refractivity contribution in [1.82, 2.24) is 9.88 Å². The van der Waals surface area contributed by atoms with Crippen LogP contribution in [0.2, 0.25) is 5.02 Å². The summed E-state index contributed by atoms with van der Waals surface area (Å²) in [5.41, 5.74) is 3.89. The summed E-state index contributed by atoms with van der Waals surface area (Å²) < 4.78 is 0. The molecule has 1 amide bonds. The van der Waals surface area contributed by atoms with Gasteiger partial charge in [0.15, 0.2) is 0 Å². The molecule has 4 nitrogen and oxygen atoms in total. The number of thiazole rings is 1. The van der Waals surface area contributed by atoms with Gasteiger partial charge in [0.25, 0.3) is 5.91 Å². The van der Waals surface area contributed by atoms with Crippen LogP contribution in [0.1, 0.15) is 15.4 Å². The SMILES string of the molecule is Cc1nc(-c2ccc(C(=O)N3CCN(c4ccc(Cl)cc4)CC3)cc2)cs1. The fraction of sp³-hybridized carbons (Fsp3) is 0.238. The molecule has 1 aliphatic heterocycles. The predicted molar refractivity (Wildman–Crippen MR) is 112 cm³/mol. The highest BCUT2D eigenvalue weighted by molar-refractivity contribution is 7.09. The second-order valence-corrected chi connectivity index (χ2v) is 8.08. The van der Waals surface area contributed by atoms with Crippen molar-refractivity contribution in [1.29, 1.82) is 0 Å². The molecule has 2 aromatic carbocycles. The summed E-state index contributed by atoms with van der Waals surface area (Å²) in [6.07, 6.45) is 0. The van der Waals surface area contributed by atoms with Gasteiger partial charge in [-0.15, -0.1) is 11.3 Å². The molecule has 27 heavy (non-hydrogen) atoms. The van der Waals surface area contributed by atoms with Crippen molar-refractivity contribution in [3.63, 3.8) is 0 Å². The van der Waals surface area contributed by atoms with Gasteiger partial charge in [0.1, 0.15) is 0 Å². The summed E-state index contributed by atoms with van der Waals surface area (Å²) in [7, 11) is 0. The van der Waals surface area contributed by atoms with Crippen molar-refractivity contribution in [3.8, 4) is 11.3 Å². The van der Waals surface area contributed by atoms with Crippen LogP contribution in [-0.2, 0) is 0 Å². The smallest absolute Gasteiger partial charge is 0.253 e. The lowest BCUT2D eigenvalue weighted by molar-refractivity contribution is 0.0747. The first kappa shape index (κ1) is 18.0. The number of carbonyl (C=O) groups excluding carboxylic acids is 1. The highest BCUT2D eigenvalue weighted by Crippen LogP contribution is 2.23. The average molecular weight is 398 g/mol. The number of hydrogen-bond donors (Lipinski definition) is 0. The molecular formula is C21H20ClN3OS. The number of anilines is 1. The Morgan fingerprint density at radius 1 is 1.00 bits per heavy atom. The predicted octanol–water partition coefficient (Wildman–Crippen LogP) is 4.73. The first-order chi connectivity index (χ1) is 13.1. The molecule has 6 heteroatoms. The van der Waals surface area contributed by atoms with Gasteiger partial charge < -0.3 is 9.80 Å². The van der Waals surface area contributed by atoms with Crippen molar-refractivity contribution < 1.29 is 4.79 Å². The van der Waals surface area contributed by atoms with E-state index >= 15 is 0 Å².